The summed E-state index contributed by atoms with van der Waals surface area (Å²) in [6.07, 6.45) is 3.19. The first kappa shape index (κ1) is 42.1. The van der Waals surface area contributed by atoms with Crippen molar-refractivity contribution in [3.63, 3.8) is 0 Å². The number of para-hydroxylation sites is 5. The predicted octanol–water partition coefficient (Wildman–Crippen LogP) is 16.3. The van der Waals surface area contributed by atoms with Gasteiger partial charge in [-0.15, -0.1) is 0 Å². The van der Waals surface area contributed by atoms with Crippen LogP contribution in [0.25, 0.3) is 54.2 Å². The van der Waals surface area contributed by atoms with Crippen LogP contribution in [0.1, 0.15) is 11.1 Å². The van der Waals surface area contributed by atoms with Gasteiger partial charge in [0.1, 0.15) is 6.23 Å². The van der Waals surface area contributed by atoms with Crippen molar-refractivity contribution in [1.82, 2.24) is 0 Å². The van der Waals surface area contributed by atoms with Crippen molar-refractivity contribution in [3.8, 4) is 0 Å². The van der Waals surface area contributed by atoms with Gasteiger partial charge in [0.05, 0.1) is 17.3 Å². The first-order valence-corrected chi connectivity index (χ1v) is 24.3. The fourth-order valence-corrected chi connectivity index (χ4v) is 11.3. The summed E-state index contributed by atoms with van der Waals surface area (Å²) in [5.41, 5.74) is 10.6. The van der Waals surface area contributed by atoms with E-state index in [2.05, 4.69) is 216 Å². The molecule has 1 heterocycles. The van der Waals surface area contributed by atoms with E-state index in [-0.39, 0.29) is 5.91 Å². The van der Waals surface area contributed by atoms with Gasteiger partial charge in [0.2, 0.25) is 5.91 Å². The normalized spacial score (nSPS) is 16.5. The van der Waals surface area contributed by atoms with Crippen LogP contribution < -0.4 is 14.7 Å². The molecule has 0 bridgehead atoms. The van der Waals surface area contributed by atoms with Crippen LogP contribution in [0, 0.1) is 11.8 Å². The lowest BCUT2D eigenvalue weighted by molar-refractivity contribution is -0.119. The maximum Gasteiger partial charge on any atom is 0.237 e. The summed E-state index contributed by atoms with van der Waals surface area (Å²) in [6.45, 7) is 0. The van der Waals surface area contributed by atoms with Crippen LogP contribution in [0.5, 0.6) is 0 Å². The maximum atomic E-state index is 15.6. The largest absolute Gasteiger partial charge is 0.372 e. The van der Waals surface area contributed by atoms with E-state index < -0.39 is 18.1 Å². The number of aliphatic hydroxyl groups excluding tert-OH is 1. The molecule has 5 heteroatoms. The highest BCUT2D eigenvalue weighted by Crippen LogP contribution is 2.54. The Morgan fingerprint density at radius 1 is 0.366 bits per heavy atom. The molecule has 11 aromatic carbocycles. The monoisotopic (exact) mass is 913 g/mol. The van der Waals surface area contributed by atoms with Gasteiger partial charge in [-0.05, 0) is 152 Å². The van der Waals surface area contributed by atoms with Crippen LogP contribution in [0.4, 0.5) is 39.8 Å². The Morgan fingerprint density at radius 2 is 0.704 bits per heavy atom. The number of allylic oxidation sites excluding steroid dienone is 2. The fraction of sp³-hybridized carbons (Fsp3) is 0.0455. The van der Waals surface area contributed by atoms with Gasteiger partial charge in [0.25, 0.3) is 0 Å². The van der Waals surface area contributed by atoms with E-state index in [4.69, 9.17) is 0 Å². The lowest BCUT2D eigenvalue weighted by Gasteiger charge is -2.32. The van der Waals surface area contributed by atoms with Gasteiger partial charge in [-0.1, -0.05) is 164 Å². The Labute approximate surface area is 412 Å². The van der Waals surface area contributed by atoms with Crippen LogP contribution >= 0.6 is 0 Å². The molecule has 1 amide bonds. The van der Waals surface area contributed by atoms with Crippen molar-refractivity contribution in [1.29, 1.82) is 0 Å². The number of amides is 1. The first-order valence-electron chi connectivity index (χ1n) is 24.3. The third-order valence-corrected chi connectivity index (χ3v) is 14.5. The number of benzene rings is 11. The van der Waals surface area contributed by atoms with Crippen molar-refractivity contribution in [2.45, 2.75) is 6.23 Å². The molecule has 3 atom stereocenters. The van der Waals surface area contributed by atoms with E-state index >= 15 is 4.79 Å². The molecule has 1 aliphatic carbocycles. The maximum absolute atomic E-state index is 15.6. The van der Waals surface area contributed by atoms with Gasteiger partial charge in [0, 0.05) is 45.1 Å². The predicted molar refractivity (Wildman–Crippen MR) is 295 cm³/mol. The zero-order valence-corrected chi connectivity index (χ0v) is 38.8. The average Bonchev–Trinajstić information content (AvgIpc) is 3.70. The molecule has 338 valence electrons. The van der Waals surface area contributed by atoms with E-state index in [0.717, 1.165) is 99.5 Å². The van der Waals surface area contributed by atoms with Crippen molar-refractivity contribution in [2.24, 2.45) is 11.8 Å². The summed E-state index contributed by atoms with van der Waals surface area (Å²) in [7, 11) is 0. The molecule has 0 saturated carbocycles. The summed E-state index contributed by atoms with van der Waals surface area (Å²) in [5, 5.41) is 21.6. The molecular formula is C66H47N3O2. The third kappa shape index (κ3) is 7.17. The number of rotatable bonds is 9. The van der Waals surface area contributed by atoms with Gasteiger partial charge < -0.3 is 14.9 Å². The minimum Gasteiger partial charge on any atom is -0.372 e. The SMILES string of the molecule is O=C1C2C(c3ccc(N(c4ccccc4)c4ccccc4)c4cc5ccccc5cc34)=CC=C(c3ccc(N(c4ccccc4)c4ccccc4)c4cc5ccccc5cc34)C2C(O)N1c1ccccc1. The molecule has 1 N–H and O–H groups in total. The van der Waals surface area contributed by atoms with Crippen LogP contribution in [0.2, 0.25) is 0 Å². The van der Waals surface area contributed by atoms with E-state index in [1.54, 1.807) is 4.90 Å². The highest BCUT2D eigenvalue weighted by atomic mass is 16.3. The molecule has 3 unspecified atom stereocenters. The molecule has 13 rings (SSSR count). The minimum absolute atomic E-state index is 0.135. The second-order valence-electron chi connectivity index (χ2n) is 18.5. The molecule has 11 aromatic rings. The summed E-state index contributed by atoms with van der Waals surface area (Å²) in [5.74, 6) is -1.45. The molecule has 1 saturated heterocycles. The molecule has 1 fully saturated rings. The van der Waals surface area contributed by atoms with Crippen LogP contribution in [-0.2, 0) is 4.79 Å². The molecule has 0 aromatic heterocycles. The van der Waals surface area contributed by atoms with Crippen LogP contribution in [0.3, 0.4) is 0 Å². The zero-order valence-electron chi connectivity index (χ0n) is 38.8. The Kier molecular flexibility index (Phi) is 10.4. The van der Waals surface area contributed by atoms with E-state index in [9.17, 15) is 5.11 Å². The van der Waals surface area contributed by atoms with E-state index in [1.165, 1.54) is 0 Å². The smallest absolute Gasteiger partial charge is 0.237 e. The van der Waals surface area contributed by atoms with Crippen molar-refractivity contribution < 1.29 is 9.90 Å². The summed E-state index contributed by atoms with van der Waals surface area (Å²) in [6, 6.07) is 86.5. The Morgan fingerprint density at radius 3 is 1.11 bits per heavy atom. The van der Waals surface area contributed by atoms with Crippen LogP contribution in [0.15, 0.2) is 261 Å². The lowest BCUT2D eigenvalue weighted by atomic mass is 9.72. The molecule has 5 nitrogen and oxygen atoms in total. The van der Waals surface area contributed by atoms with Gasteiger partial charge in [-0.25, -0.2) is 0 Å². The molecular weight excluding hydrogens is 867 g/mol. The average molecular weight is 914 g/mol. The molecule has 2 aliphatic rings. The summed E-state index contributed by atoms with van der Waals surface area (Å²) in [4.78, 5) is 21.8. The minimum atomic E-state index is -1.15. The van der Waals surface area contributed by atoms with Gasteiger partial charge in [-0.2, -0.15) is 0 Å². The third-order valence-electron chi connectivity index (χ3n) is 14.5. The fourth-order valence-electron chi connectivity index (χ4n) is 11.3. The van der Waals surface area contributed by atoms with Gasteiger partial charge in [-0.3, -0.25) is 9.69 Å². The van der Waals surface area contributed by atoms with E-state index in [1.807, 2.05) is 54.6 Å². The zero-order chi connectivity index (χ0) is 47.4. The molecule has 1 aliphatic heterocycles. The Balaban J connectivity index is 1.06. The second kappa shape index (κ2) is 17.5. The Hall–Kier alpha value is -9.03. The number of carbonyl (C=O) groups excluding carboxylic acids is 1. The van der Waals surface area contributed by atoms with Gasteiger partial charge in [0.15, 0.2) is 0 Å². The van der Waals surface area contributed by atoms with Gasteiger partial charge >= 0.3 is 0 Å². The summed E-state index contributed by atoms with van der Waals surface area (Å²) >= 11 is 0. The first-order chi connectivity index (χ1) is 35.1. The van der Waals surface area contributed by atoms with Crippen LogP contribution in [-0.4, -0.2) is 17.2 Å². The number of nitrogens with zero attached hydrogens (tertiary/aromatic N) is 3. The standard InChI is InChI=1S/C66H47N3O2/c70-65-63-55(53-36-38-61(59-42-46-22-18-16-20-44(46)40-57(53)59)67(48-24-6-1-7-25-48)49-26-8-2-9-27-49)34-35-56(64(63)66(71)69(65)52-32-14-5-15-33-52)54-37-39-62(60-43-47-23-19-17-21-45(47)41-58(54)60)68(50-28-10-3-11-29-50)51-30-12-4-13-31-51/h1-43,63-65,70H. The summed E-state index contributed by atoms with van der Waals surface area (Å²) < 4.78 is 0. The number of anilines is 7. The van der Waals surface area contributed by atoms with Crippen molar-refractivity contribution >= 4 is 100.0 Å². The lowest BCUT2D eigenvalue weighted by Crippen LogP contribution is -2.35. The highest BCUT2D eigenvalue weighted by Gasteiger charge is 2.53. The van der Waals surface area contributed by atoms with E-state index in [0.29, 0.717) is 5.69 Å². The highest BCUT2D eigenvalue weighted by molar-refractivity contribution is 6.17. The van der Waals surface area contributed by atoms with Crippen molar-refractivity contribution in [2.75, 3.05) is 14.7 Å². The Bertz CT molecular complexity index is 3800. The quantitative estimate of drug-likeness (QED) is 0.147. The number of carbonyl (C=O) groups is 1. The number of aliphatic hydroxyl groups is 1. The number of hydrogen-bond acceptors (Lipinski definition) is 4. The molecule has 0 radical (unpaired) electrons. The number of fused-ring (bicyclic) bond motifs is 5. The molecule has 71 heavy (non-hydrogen) atoms. The van der Waals surface area contributed by atoms with Crippen molar-refractivity contribution in [3.05, 3.63) is 272 Å². The second-order valence-corrected chi connectivity index (χ2v) is 18.5. The topological polar surface area (TPSA) is 47.0 Å². The molecule has 0 spiro atoms. The number of hydrogen-bond donors (Lipinski definition) is 1.